The maximum absolute atomic E-state index is 13.5. The molecule has 174 valence electrons. The highest BCUT2D eigenvalue weighted by Gasteiger charge is 2.23. The Morgan fingerprint density at radius 3 is 2.61 bits per heavy atom. The van der Waals surface area contributed by atoms with Gasteiger partial charge in [0.1, 0.15) is 11.4 Å². The van der Waals surface area contributed by atoms with Gasteiger partial charge in [0.05, 0.1) is 5.39 Å². The molecule has 0 radical (unpaired) electrons. The Morgan fingerprint density at radius 1 is 1.06 bits per heavy atom. The second kappa shape index (κ2) is 10.0. The van der Waals surface area contributed by atoms with Crippen molar-refractivity contribution in [2.24, 2.45) is 0 Å². The van der Waals surface area contributed by atoms with E-state index in [0.717, 1.165) is 61.7 Å². The lowest BCUT2D eigenvalue weighted by atomic mass is 10.0. The van der Waals surface area contributed by atoms with Crippen LogP contribution in [0.4, 0.5) is 4.39 Å². The van der Waals surface area contributed by atoms with Gasteiger partial charge < -0.3 is 19.2 Å². The molecule has 0 unspecified atom stereocenters. The molecule has 2 aliphatic rings. The fraction of sp³-hybridized carbons (Fsp3) is 0.360. The van der Waals surface area contributed by atoms with Crippen LogP contribution in [0.3, 0.4) is 0 Å². The van der Waals surface area contributed by atoms with Crippen LogP contribution in [0.25, 0.3) is 11.0 Å². The van der Waals surface area contributed by atoms with Crippen LogP contribution in [0.2, 0.25) is 0 Å². The van der Waals surface area contributed by atoms with Crippen LogP contribution in [0, 0.1) is 5.82 Å². The lowest BCUT2D eigenvalue weighted by Crippen LogP contribution is -2.44. The average molecular weight is 454 g/mol. The number of nitrogens with zero attached hydrogens (tertiary/aromatic N) is 1. The third kappa shape index (κ3) is 5.17. The monoisotopic (exact) mass is 454 g/mol. The normalized spacial score (nSPS) is 15.7. The average Bonchev–Trinajstić information content (AvgIpc) is 3.29. The molecule has 2 aliphatic heterocycles. The number of carbonyl (C=O) groups excluding carboxylic acids is 1. The molecule has 33 heavy (non-hydrogen) atoms. The van der Waals surface area contributed by atoms with Gasteiger partial charge in [0.15, 0.2) is 22.7 Å². The van der Waals surface area contributed by atoms with Crippen molar-refractivity contribution in [3.8, 4) is 11.5 Å². The molecular weight excluding hydrogens is 427 g/mol. The first-order chi connectivity index (χ1) is 16.0. The second-order valence-corrected chi connectivity index (χ2v) is 7.83. The van der Waals surface area contributed by atoms with Crippen LogP contribution in [0.5, 0.6) is 11.5 Å². The van der Waals surface area contributed by atoms with Gasteiger partial charge in [-0.1, -0.05) is 19.9 Å². The van der Waals surface area contributed by atoms with Crippen molar-refractivity contribution in [3.63, 3.8) is 0 Å². The zero-order chi connectivity index (χ0) is 23.4. The summed E-state index contributed by atoms with van der Waals surface area (Å²) < 4.78 is 29.7. The molecule has 1 fully saturated rings. The van der Waals surface area contributed by atoms with Crippen LogP contribution in [-0.4, -0.2) is 36.7 Å². The molecule has 7 nitrogen and oxygen atoms in total. The van der Waals surface area contributed by atoms with E-state index in [4.69, 9.17) is 13.9 Å². The summed E-state index contributed by atoms with van der Waals surface area (Å²) in [5.74, 6) is 0.455. The van der Waals surface area contributed by atoms with E-state index in [2.05, 4.69) is 10.2 Å². The van der Waals surface area contributed by atoms with E-state index in [1.54, 1.807) is 0 Å². The van der Waals surface area contributed by atoms with Gasteiger partial charge in [0.2, 0.25) is 6.79 Å². The highest BCUT2D eigenvalue weighted by Crippen LogP contribution is 2.33. The standard InChI is InChI=1S/C23H21FN2O5.C2H6/c24-15-2-3-17-18(27)11-22(31-20(17)10-15)23(28)25-16-5-7-26(8-6-16)12-14-1-4-19-21(9-14)30-13-29-19;1-2/h1-4,9-11,16H,5-8,12-13H2,(H,25,28);1-2H3. The third-order valence-electron chi connectivity index (χ3n) is 5.68. The van der Waals surface area contributed by atoms with Gasteiger partial charge in [-0.3, -0.25) is 14.5 Å². The molecule has 0 aliphatic carbocycles. The molecule has 3 aromatic rings. The summed E-state index contributed by atoms with van der Waals surface area (Å²) in [4.78, 5) is 27.1. The van der Waals surface area contributed by atoms with Gasteiger partial charge in [-0.05, 0) is 42.7 Å². The summed E-state index contributed by atoms with van der Waals surface area (Å²) >= 11 is 0. The number of benzene rings is 2. The molecule has 1 N–H and O–H groups in total. The van der Waals surface area contributed by atoms with Gasteiger partial charge in [-0.25, -0.2) is 4.39 Å². The summed E-state index contributed by atoms with van der Waals surface area (Å²) in [5.41, 5.74) is 0.845. The van der Waals surface area contributed by atoms with Crippen LogP contribution >= 0.6 is 0 Å². The SMILES string of the molecule is CC.O=C(NC1CCN(Cc2ccc3c(c2)OCO3)CC1)c1cc(=O)c2ccc(F)cc2o1. The minimum atomic E-state index is -0.525. The Labute approximate surface area is 191 Å². The van der Waals surface area contributed by atoms with Gasteiger partial charge in [-0.2, -0.15) is 0 Å². The van der Waals surface area contributed by atoms with Crippen molar-refractivity contribution in [1.82, 2.24) is 10.2 Å². The quantitative estimate of drug-likeness (QED) is 0.640. The third-order valence-corrected chi connectivity index (χ3v) is 5.68. The minimum Gasteiger partial charge on any atom is -0.454 e. The number of carbonyl (C=O) groups is 1. The maximum Gasteiger partial charge on any atom is 0.287 e. The van der Waals surface area contributed by atoms with E-state index in [1.165, 1.54) is 12.1 Å². The molecule has 5 rings (SSSR count). The van der Waals surface area contributed by atoms with Crippen LogP contribution < -0.4 is 20.2 Å². The first-order valence-corrected chi connectivity index (χ1v) is 11.2. The van der Waals surface area contributed by atoms with Gasteiger partial charge in [0.25, 0.3) is 5.91 Å². The number of amides is 1. The second-order valence-electron chi connectivity index (χ2n) is 7.83. The minimum absolute atomic E-state index is 0.0194. The highest BCUT2D eigenvalue weighted by molar-refractivity contribution is 5.93. The largest absolute Gasteiger partial charge is 0.454 e. The molecule has 1 amide bonds. The van der Waals surface area contributed by atoms with Gasteiger partial charge in [-0.15, -0.1) is 0 Å². The number of piperidine rings is 1. The number of halogens is 1. The summed E-state index contributed by atoms with van der Waals surface area (Å²) in [5, 5.41) is 3.18. The molecule has 0 saturated carbocycles. The van der Waals surface area contributed by atoms with Gasteiger partial charge in [0, 0.05) is 37.8 Å². The van der Waals surface area contributed by atoms with Crippen LogP contribution in [0.1, 0.15) is 42.8 Å². The van der Waals surface area contributed by atoms with Crippen molar-refractivity contribution in [2.75, 3.05) is 19.9 Å². The van der Waals surface area contributed by atoms with Crippen LogP contribution in [0.15, 0.2) is 51.7 Å². The van der Waals surface area contributed by atoms with Crippen molar-refractivity contribution in [3.05, 3.63) is 69.8 Å². The van der Waals surface area contributed by atoms with Crippen molar-refractivity contribution in [1.29, 1.82) is 0 Å². The summed E-state index contributed by atoms with van der Waals surface area (Å²) in [6.07, 6.45) is 1.56. The molecule has 0 bridgehead atoms. The Kier molecular flexibility index (Phi) is 6.93. The lowest BCUT2D eigenvalue weighted by Gasteiger charge is -2.32. The number of ether oxygens (including phenoxy) is 2. The number of rotatable bonds is 4. The van der Waals surface area contributed by atoms with E-state index < -0.39 is 11.7 Å². The summed E-state index contributed by atoms with van der Waals surface area (Å²) in [6, 6.07) is 10.8. The fourth-order valence-corrected chi connectivity index (χ4v) is 4.03. The smallest absolute Gasteiger partial charge is 0.287 e. The Balaban J connectivity index is 0.00000126. The summed E-state index contributed by atoms with van der Waals surface area (Å²) in [6.45, 7) is 6.71. The first-order valence-electron chi connectivity index (χ1n) is 11.2. The number of nitrogens with one attached hydrogen (secondary N) is 1. The van der Waals surface area contributed by atoms with E-state index in [1.807, 2.05) is 32.0 Å². The Hall–Kier alpha value is -3.39. The Morgan fingerprint density at radius 2 is 1.82 bits per heavy atom. The zero-order valence-electron chi connectivity index (χ0n) is 18.7. The predicted octanol–water partition coefficient (Wildman–Crippen LogP) is 4.08. The number of likely N-dealkylation sites (tertiary alicyclic amines) is 1. The van der Waals surface area contributed by atoms with E-state index in [-0.39, 0.29) is 35.0 Å². The number of hydrogen-bond donors (Lipinski definition) is 1. The zero-order valence-corrected chi connectivity index (χ0v) is 18.7. The van der Waals surface area contributed by atoms with Crippen molar-refractivity contribution >= 4 is 16.9 Å². The van der Waals surface area contributed by atoms with Crippen molar-refractivity contribution in [2.45, 2.75) is 39.3 Å². The molecule has 0 spiro atoms. The van der Waals surface area contributed by atoms with Gasteiger partial charge >= 0.3 is 0 Å². The molecule has 1 saturated heterocycles. The first kappa shape index (κ1) is 22.8. The van der Waals surface area contributed by atoms with Crippen LogP contribution in [-0.2, 0) is 6.54 Å². The lowest BCUT2D eigenvalue weighted by molar-refractivity contribution is 0.0881. The fourth-order valence-electron chi connectivity index (χ4n) is 4.03. The number of fused-ring (bicyclic) bond motifs is 2. The topological polar surface area (TPSA) is 81.0 Å². The molecule has 3 heterocycles. The summed E-state index contributed by atoms with van der Waals surface area (Å²) in [7, 11) is 0. The molecule has 1 aromatic heterocycles. The molecule has 8 heteroatoms. The maximum atomic E-state index is 13.5. The molecule has 0 atom stereocenters. The molecular formula is C25H27FN2O5. The van der Waals surface area contributed by atoms with E-state index >= 15 is 0 Å². The van der Waals surface area contributed by atoms with E-state index in [9.17, 15) is 14.0 Å². The van der Waals surface area contributed by atoms with E-state index in [0.29, 0.717) is 0 Å². The predicted molar refractivity (Wildman–Crippen MR) is 122 cm³/mol. The highest BCUT2D eigenvalue weighted by atomic mass is 19.1. The Bertz CT molecular complexity index is 1200. The number of hydrogen-bond acceptors (Lipinski definition) is 6. The molecule has 2 aromatic carbocycles. The van der Waals surface area contributed by atoms with Crippen molar-refractivity contribution < 1.29 is 23.1 Å².